The van der Waals surface area contributed by atoms with E-state index in [2.05, 4.69) is 76.7 Å². The molecular weight excluding hydrogens is 625 g/mol. The van der Waals surface area contributed by atoms with Crippen molar-refractivity contribution in [2.75, 3.05) is 25.0 Å². The Balaban J connectivity index is 1.04. The number of aromatic nitrogens is 3. The summed E-state index contributed by atoms with van der Waals surface area (Å²) in [5.41, 5.74) is 5.73. The minimum atomic E-state index is -0.239. The maximum Gasteiger partial charge on any atom is 0.261 e. The number of halogens is 1. The Kier molecular flexibility index (Phi) is 8.50. The maximum absolute atomic E-state index is 14.4. The van der Waals surface area contributed by atoms with Gasteiger partial charge in [0, 0.05) is 55.0 Å². The molecule has 1 saturated heterocycles. The summed E-state index contributed by atoms with van der Waals surface area (Å²) in [7, 11) is 0. The van der Waals surface area contributed by atoms with E-state index in [1.807, 2.05) is 31.2 Å². The van der Waals surface area contributed by atoms with Crippen LogP contribution in [0, 0.1) is 35.9 Å². The minimum absolute atomic E-state index is 0.122. The van der Waals surface area contributed by atoms with Crippen molar-refractivity contribution < 1.29 is 4.39 Å². The Labute approximate surface area is 293 Å². The number of hydrogen-bond acceptors (Lipinski definition) is 4. The van der Waals surface area contributed by atoms with Crippen LogP contribution in [-0.2, 0) is 19.4 Å². The summed E-state index contributed by atoms with van der Waals surface area (Å²) in [5.74, 6) is 2.59. The molecular formula is C41H48FN7O. The molecule has 5 aromatic rings. The first-order chi connectivity index (χ1) is 24.1. The van der Waals surface area contributed by atoms with Crippen molar-refractivity contribution >= 4 is 33.5 Å². The van der Waals surface area contributed by atoms with E-state index in [1.165, 1.54) is 29.0 Å². The molecule has 3 aliphatic carbocycles. The highest BCUT2D eigenvalue weighted by atomic mass is 19.1. The molecule has 5 atom stereocenters. The molecule has 9 heteroatoms. The Hall–Kier alpha value is -4.50. The van der Waals surface area contributed by atoms with E-state index in [1.54, 1.807) is 17.0 Å². The van der Waals surface area contributed by atoms with Crippen molar-refractivity contribution in [2.45, 2.75) is 72.0 Å². The summed E-state index contributed by atoms with van der Waals surface area (Å²) in [6, 6.07) is 20.0. The fourth-order valence-corrected chi connectivity index (χ4v) is 8.98. The van der Waals surface area contributed by atoms with Crippen LogP contribution < -0.4 is 16.2 Å². The first-order valence-electron chi connectivity index (χ1n) is 18.3. The summed E-state index contributed by atoms with van der Waals surface area (Å²) in [5, 5.41) is 9.30. The number of aromatic amines is 1. The molecule has 0 unspecified atom stereocenters. The van der Waals surface area contributed by atoms with Crippen LogP contribution >= 0.6 is 0 Å². The summed E-state index contributed by atoms with van der Waals surface area (Å²) >= 11 is 0. The van der Waals surface area contributed by atoms with Crippen molar-refractivity contribution in [1.82, 2.24) is 24.8 Å². The van der Waals surface area contributed by atoms with Gasteiger partial charge in [0.05, 0.1) is 23.3 Å². The molecule has 260 valence electrons. The Bertz CT molecular complexity index is 2130. The van der Waals surface area contributed by atoms with E-state index in [9.17, 15) is 9.18 Å². The van der Waals surface area contributed by atoms with Gasteiger partial charge in [0.1, 0.15) is 5.82 Å². The van der Waals surface area contributed by atoms with Gasteiger partial charge in [0.25, 0.3) is 5.56 Å². The van der Waals surface area contributed by atoms with Gasteiger partial charge in [-0.25, -0.2) is 14.4 Å². The van der Waals surface area contributed by atoms with Crippen LogP contribution in [0.3, 0.4) is 0 Å². The van der Waals surface area contributed by atoms with Crippen LogP contribution in [-0.4, -0.2) is 57.1 Å². The van der Waals surface area contributed by atoms with Gasteiger partial charge >= 0.3 is 0 Å². The van der Waals surface area contributed by atoms with E-state index in [4.69, 9.17) is 4.99 Å². The largest absolute Gasteiger partial charge is 0.361 e. The zero-order valence-corrected chi connectivity index (χ0v) is 29.5. The second-order valence-corrected chi connectivity index (χ2v) is 15.6. The van der Waals surface area contributed by atoms with Crippen LogP contribution in [0.4, 0.5) is 10.1 Å². The number of para-hydroxylation sites is 1. The Morgan fingerprint density at radius 2 is 1.94 bits per heavy atom. The smallest absolute Gasteiger partial charge is 0.261 e. The maximum atomic E-state index is 14.4. The molecule has 4 aliphatic rings. The van der Waals surface area contributed by atoms with Gasteiger partial charge in [0.15, 0.2) is 5.96 Å². The predicted molar refractivity (Wildman–Crippen MR) is 200 cm³/mol. The quantitative estimate of drug-likeness (QED) is 0.129. The fourth-order valence-electron chi connectivity index (χ4n) is 8.98. The first kappa shape index (κ1) is 32.7. The van der Waals surface area contributed by atoms with Crippen molar-refractivity contribution in [1.29, 1.82) is 0 Å². The van der Waals surface area contributed by atoms with E-state index < -0.39 is 0 Å². The topological polar surface area (TPSA) is 90.3 Å². The van der Waals surface area contributed by atoms with Gasteiger partial charge in [-0.1, -0.05) is 51.1 Å². The van der Waals surface area contributed by atoms with Crippen LogP contribution in [0.25, 0.3) is 21.8 Å². The standard InChI is InChI=1S/C41H48FN7O/c1-25-9-10-27(35(42)17-25)13-15-49-24-45-38-21-30(11-12-33(38)39(49)50)46-40(47-37-20-29-19-34(26(37)2)41(29,3)4)48-16-14-43-31(23-48)18-28-22-44-36-8-6-5-7-32(28)36/h5-12,17,21-22,24,26,29,31,34,37,43-44H,13-16,18-20,23H2,1-4H3,(H,46,47)/t26-,29-,31-,34+,37-/m0/s1. The highest BCUT2D eigenvalue weighted by molar-refractivity contribution is 5.96. The molecule has 4 fully saturated rings. The number of H-pyrrole nitrogens is 1. The molecule has 8 nitrogen and oxygen atoms in total. The molecule has 3 saturated carbocycles. The van der Waals surface area contributed by atoms with Crippen molar-refractivity contribution in [2.24, 2.45) is 28.2 Å². The lowest BCUT2D eigenvalue weighted by Crippen LogP contribution is -2.58. The monoisotopic (exact) mass is 673 g/mol. The molecule has 0 amide bonds. The summed E-state index contributed by atoms with van der Waals surface area (Å²) in [6.45, 7) is 12.1. The van der Waals surface area contributed by atoms with Crippen LogP contribution in [0.1, 0.15) is 50.3 Å². The highest BCUT2D eigenvalue weighted by Gasteiger charge is 2.56. The van der Waals surface area contributed by atoms with Crippen LogP contribution in [0.2, 0.25) is 0 Å². The number of aryl methyl sites for hydroxylation is 3. The van der Waals surface area contributed by atoms with Crippen molar-refractivity contribution in [3.63, 3.8) is 0 Å². The number of fused-ring (bicyclic) bond motifs is 4. The van der Waals surface area contributed by atoms with Gasteiger partial charge in [-0.3, -0.25) is 9.36 Å². The van der Waals surface area contributed by atoms with Crippen LogP contribution in [0.5, 0.6) is 0 Å². The summed E-state index contributed by atoms with van der Waals surface area (Å²) in [6.07, 6.45) is 7.51. The third kappa shape index (κ3) is 6.10. The lowest BCUT2D eigenvalue weighted by atomic mass is 9.45. The van der Waals surface area contributed by atoms with E-state index in [-0.39, 0.29) is 23.5 Å². The predicted octanol–water partition coefficient (Wildman–Crippen LogP) is 6.92. The third-order valence-electron chi connectivity index (χ3n) is 12.2. The first-order valence-corrected chi connectivity index (χ1v) is 18.3. The number of nitrogens with one attached hydrogen (secondary N) is 3. The summed E-state index contributed by atoms with van der Waals surface area (Å²) < 4.78 is 16.0. The number of hydrogen-bond donors (Lipinski definition) is 3. The Morgan fingerprint density at radius 1 is 1.08 bits per heavy atom. The van der Waals surface area contributed by atoms with Gasteiger partial charge in [0.2, 0.25) is 0 Å². The van der Waals surface area contributed by atoms with Gasteiger partial charge < -0.3 is 20.5 Å². The third-order valence-corrected chi connectivity index (χ3v) is 12.2. The molecule has 3 aromatic carbocycles. The number of benzene rings is 3. The number of rotatable bonds is 7. The SMILES string of the molecule is Cc1ccc(CCn2cnc3cc(N/C(=N/[C@H]4C[C@@H]5C[C@H]([C@@H]4C)C5(C)C)N4CCN[C@@H](Cc5c[nH]c6ccccc56)C4)ccc3c2=O)c(F)c1. The number of aliphatic imine (C=N–C) groups is 1. The van der Waals surface area contributed by atoms with Gasteiger partial charge in [-0.2, -0.15) is 0 Å². The van der Waals surface area contributed by atoms with Gasteiger partial charge in [-0.15, -0.1) is 0 Å². The molecule has 2 bridgehead atoms. The minimum Gasteiger partial charge on any atom is -0.361 e. The molecule has 1 aliphatic heterocycles. The highest BCUT2D eigenvalue weighted by Crippen LogP contribution is 2.61. The fraction of sp³-hybridized carbons (Fsp3) is 0.439. The number of piperazine rings is 1. The van der Waals surface area contributed by atoms with Gasteiger partial charge in [-0.05, 0) is 103 Å². The zero-order chi connectivity index (χ0) is 34.6. The van der Waals surface area contributed by atoms with Crippen LogP contribution in [0.15, 0.2) is 83.0 Å². The molecule has 0 spiro atoms. The molecule has 0 radical (unpaired) electrons. The number of nitrogens with zero attached hydrogens (tertiary/aromatic N) is 4. The second-order valence-electron chi connectivity index (χ2n) is 15.6. The number of anilines is 1. The normalized spacial score (nSPS) is 24.8. The van der Waals surface area contributed by atoms with E-state index in [0.29, 0.717) is 52.6 Å². The summed E-state index contributed by atoms with van der Waals surface area (Å²) in [4.78, 5) is 29.5. The van der Waals surface area contributed by atoms with E-state index in [0.717, 1.165) is 49.7 Å². The molecule has 3 heterocycles. The molecule has 50 heavy (non-hydrogen) atoms. The van der Waals surface area contributed by atoms with Crippen molar-refractivity contribution in [3.05, 3.63) is 106 Å². The average Bonchev–Trinajstić information content (AvgIpc) is 3.51. The lowest BCUT2D eigenvalue weighted by Gasteiger charge is -2.61. The second kappa shape index (κ2) is 13.0. The molecule has 9 rings (SSSR count). The average molecular weight is 674 g/mol. The zero-order valence-electron chi connectivity index (χ0n) is 29.5. The van der Waals surface area contributed by atoms with E-state index >= 15 is 0 Å². The molecule has 3 N–H and O–H groups in total. The number of guanidine groups is 1. The Morgan fingerprint density at radius 3 is 2.76 bits per heavy atom. The van der Waals surface area contributed by atoms with Crippen molar-refractivity contribution in [3.8, 4) is 0 Å². The lowest BCUT2D eigenvalue weighted by molar-refractivity contribution is -0.108. The molecule has 2 aromatic heterocycles.